The summed E-state index contributed by atoms with van der Waals surface area (Å²) in [6.07, 6.45) is 0. The molecule has 3 unspecified atom stereocenters. The number of nitrogens with zero attached hydrogens (tertiary/aromatic N) is 1. The van der Waals surface area contributed by atoms with Gasteiger partial charge in [0.25, 0.3) is 0 Å². The van der Waals surface area contributed by atoms with Crippen molar-refractivity contribution < 1.29 is 9.47 Å². The summed E-state index contributed by atoms with van der Waals surface area (Å²) in [5.41, 5.74) is 1.21. The third kappa shape index (κ3) is 1.98. The van der Waals surface area contributed by atoms with E-state index >= 15 is 0 Å². The first-order chi connectivity index (χ1) is 9.72. The molecule has 3 aliphatic rings. The molecule has 2 saturated heterocycles. The summed E-state index contributed by atoms with van der Waals surface area (Å²) in [4.78, 5) is 2.56. The normalized spacial score (nSPS) is 31.8. The van der Waals surface area contributed by atoms with Gasteiger partial charge in [-0.15, -0.1) is 0 Å². The minimum absolute atomic E-state index is 0.272. The Morgan fingerprint density at radius 1 is 1.35 bits per heavy atom. The number of halogens is 1. The lowest BCUT2D eigenvalue weighted by Gasteiger charge is -2.24. The molecule has 20 heavy (non-hydrogen) atoms. The predicted molar refractivity (Wildman–Crippen MR) is 77.3 cm³/mol. The molecule has 0 bridgehead atoms. The monoisotopic (exact) mass is 294 g/mol. The van der Waals surface area contributed by atoms with Crippen molar-refractivity contribution in [1.29, 1.82) is 0 Å². The summed E-state index contributed by atoms with van der Waals surface area (Å²) in [7, 11) is 0. The predicted octanol–water partition coefficient (Wildman–Crippen LogP) is 2.11. The van der Waals surface area contributed by atoms with Gasteiger partial charge in [-0.3, -0.25) is 4.90 Å². The fourth-order valence-corrected chi connectivity index (χ4v) is 4.10. The van der Waals surface area contributed by atoms with E-state index < -0.39 is 0 Å². The van der Waals surface area contributed by atoms with Gasteiger partial charge in [-0.05, 0) is 49.5 Å². The average molecular weight is 295 g/mol. The highest BCUT2D eigenvalue weighted by Crippen LogP contribution is 2.41. The second-order valence-electron chi connectivity index (χ2n) is 6.06. The molecule has 3 aliphatic heterocycles. The Balaban J connectivity index is 1.54. The number of likely N-dealkylation sites (tertiary alicyclic amines) is 1. The third-order valence-electron chi connectivity index (χ3n) is 4.93. The SMILES string of the molecule is CC1C2CNCC2CN1Cc1cc(Cl)c2c(c1)OCO2. The van der Waals surface area contributed by atoms with Gasteiger partial charge in [0.2, 0.25) is 6.79 Å². The quantitative estimate of drug-likeness (QED) is 0.906. The fraction of sp³-hybridized carbons (Fsp3) is 0.600. The largest absolute Gasteiger partial charge is 0.454 e. The maximum atomic E-state index is 6.26. The molecule has 108 valence electrons. The maximum absolute atomic E-state index is 6.26. The summed E-state index contributed by atoms with van der Waals surface area (Å²) >= 11 is 6.26. The van der Waals surface area contributed by atoms with Crippen molar-refractivity contribution in [3.8, 4) is 11.5 Å². The van der Waals surface area contributed by atoms with Crippen LogP contribution < -0.4 is 14.8 Å². The molecule has 0 aliphatic carbocycles. The highest BCUT2D eigenvalue weighted by atomic mass is 35.5. The first kappa shape index (κ1) is 12.7. The van der Waals surface area contributed by atoms with Crippen molar-refractivity contribution in [2.45, 2.75) is 19.5 Å². The standard InChI is InChI=1S/C15H19ClN2O2/c1-9-12-5-17-4-11(12)7-18(9)6-10-2-13(16)15-14(3-10)19-8-20-15/h2-3,9,11-12,17H,4-8H2,1H3. The lowest BCUT2D eigenvalue weighted by molar-refractivity contribution is 0.174. The second-order valence-corrected chi connectivity index (χ2v) is 6.47. The van der Waals surface area contributed by atoms with Crippen molar-refractivity contribution in [3.05, 3.63) is 22.7 Å². The molecular formula is C15H19ClN2O2. The maximum Gasteiger partial charge on any atom is 0.231 e. The van der Waals surface area contributed by atoms with Crippen LogP contribution in [-0.2, 0) is 6.54 Å². The number of benzene rings is 1. The van der Waals surface area contributed by atoms with Crippen LogP contribution in [0.2, 0.25) is 5.02 Å². The molecule has 3 atom stereocenters. The van der Waals surface area contributed by atoms with Crippen LogP contribution in [-0.4, -0.2) is 37.4 Å². The first-order valence-electron chi connectivity index (χ1n) is 7.25. The Morgan fingerprint density at radius 3 is 3.10 bits per heavy atom. The molecule has 1 aromatic rings. The zero-order valence-electron chi connectivity index (χ0n) is 11.6. The van der Waals surface area contributed by atoms with E-state index in [4.69, 9.17) is 21.1 Å². The number of rotatable bonds is 2. The molecule has 0 amide bonds. The topological polar surface area (TPSA) is 33.7 Å². The third-order valence-corrected chi connectivity index (χ3v) is 5.21. The van der Waals surface area contributed by atoms with E-state index in [-0.39, 0.29) is 6.79 Å². The number of ether oxygens (including phenoxy) is 2. The zero-order valence-corrected chi connectivity index (χ0v) is 12.3. The molecule has 0 aromatic heterocycles. The minimum atomic E-state index is 0.272. The summed E-state index contributed by atoms with van der Waals surface area (Å²) in [6, 6.07) is 4.70. The number of nitrogens with one attached hydrogen (secondary N) is 1. The molecule has 1 N–H and O–H groups in total. The Morgan fingerprint density at radius 2 is 2.25 bits per heavy atom. The van der Waals surface area contributed by atoms with Crippen LogP contribution >= 0.6 is 11.6 Å². The van der Waals surface area contributed by atoms with Crippen LogP contribution in [0.1, 0.15) is 12.5 Å². The molecule has 5 heteroatoms. The van der Waals surface area contributed by atoms with E-state index in [1.165, 1.54) is 12.1 Å². The van der Waals surface area contributed by atoms with E-state index in [0.717, 1.165) is 37.2 Å². The van der Waals surface area contributed by atoms with Gasteiger partial charge in [0.05, 0.1) is 5.02 Å². The van der Waals surface area contributed by atoms with Gasteiger partial charge in [0.15, 0.2) is 11.5 Å². The smallest absolute Gasteiger partial charge is 0.231 e. The van der Waals surface area contributed by atoms with Gasteiger partial charge in [0.1, 0.15) is 0 Å². The van der Waals surface area contributed by atoms with Crippen molar-refractivity contribution >= 4 is 11.6 Å². The fourth-order valence-electron chi connectivity index (χ4n) is 3.81. The van der Waals surface area contributed by atoms with Gasteiger partial charge >= 0.3 is 0 Å². The van der Waals surface area contributed by atoms with E-state index in [1.807, 2.05) is 6.07 Å². The number of hydrogen-bond acceptors (Lipinski definition) is 4. The van der Waals surface area contributed by atoms with Crippen molar-refractivity contribution in [2.75, 3.05) is 26.4 Å². The van der Waals surface area contributed by atoms with Gasteiger partial charge in [0, 0.05) is 19.1 Å². The molecule has 0 spiro atoms. The summed E-state index contributed by atoms with van der Waals surface area (Å²) in [5, 5.41) is 4.15. The number of hydrogen-bond donors (Lipinski definition) is 1. The van der Waals surface area contributed by atoms with Crippen LogP contribution in [0.15, 0.2) is 12.1 Å². The average Bonchev–Trinajstić information content (AvgIpc) is 3.09. The lowest BCUT2D eigenvalue weighted by Crippen LogP contribution is -2.32. The summed E-state index contributed by atoms with van der Waals surface area (Å²) < 4.78 is 10.8. The Bertz CT molecular complexity index is 537. The van der Waals surface area contributed by atoms with Crippen LogP contribution in [0.5, 0.6) is 11.5 Å². The summed E-state index contributed by atoms with van der Waals surface area (Å²) in [6.45, 7) is 7.04. The van der Waals surface area contributed by atoms with E-state index in [2.05, 4.69) is 23.2 Å². The van der Waals surface area contributed by atoms with Crippen molar-refractivity contribution in [3.63, 3.8) is 0 Å². The van der Waals surface area contributed by atoms with Gasteiger partial charge < -0.3 is 14.8 Å². The molecule has 4 rings (SSSR count). The Labute approximate surface area is 124 Å². The van der Waals surface area contributed by atoms with E-state index in [9.17, 15) is 0 Å². The van der Waals surface area contributed by atoms with Gasteiger partial charge in [-0.1, -0.05) is 11.6 Å². The minimum Gasteiger partial charge on any atom is -0.454 e. The van der Waals surface area contributed by atoms with Crippen LogP contribution in [0, 0.1) is 11.8 Å². The lowest BCUT2D eigenvalue weighted by atomic mass is 9.95. The highest BCUT2D eigenvalue weighted by Gasteiger charge is 2.41. The van der Waals surface area contributed by atoms with E-state index in [0.29, 0.717) is 16.8 Å². The van der Waals surface area contributed by atoms with Crippen LogP contribution in [0.3, 0.4) is 0 Å². The molecule has 0 radical (unpaired) electrons. The van der Waals surface area contributed by atoms with Gasteiger partial charge in [-0.25, -0.2) is 0 Å². The molecule has 4 nitrogen and oxygen atoms in total. The van der Waals surface area contributed by atoms with Crippen molar-refractivity contribution in [1.82, 2.24) is 10.2 Å². The molecule has 0 saturated carbocycles. The van der Waals surface area contributed by atoms with Crippen molar-refractivity contribution in [2.24, 2.45) is 11.8 Å². The molecule has 2 fully saturated rings. The Hall–Kier alpha value is -0.970. The highest BCUT2D eigenvalue weighted by molar-refractivity contribution is 6.32. The van der Waals surface area contributed by atoms with Crippen LogP contribution in [0.4, 0.5) is 0 Å². The molecule has 1 aromatic carbocycles. The van der Waals surface area contributed by atoms with E-state index in [1.54, 1.807) is 0 Å². The Kier molecular flexibility index (Phi) is 3.05. The van der Waals surface area contributed by atoms with Gasteiger partial charge in [-0.2, -0.15) is 0 Å². The number of fused-ring (bicyclic) bond motifs is 2. The molecule has 3 heterocycles. The summed E-state index contributed by atoms with van der Waals surface area (Å²) in [5.74, 6) is 3.06. The second kappa shape index (κ2) is 4.79. The molecular weight excluding hydrogens is 276 g/mol. The van der Waals surface area contributed by atoms with Crippen LogP contribution in [0.25, 0.3) is 0 Å². The first-order valence-corrected chi connectivity index (χ1v) is 7.63. The zero-order chi connectivity index (χ0) is 13.7.